The maximum atomic E-state index is 12.7. The molecule has 120 valence electrons. The van der Waals surface area contributed by atoms with Crippen LogP contribution in [-0.4, -0.2) is 18.8 Å². The molecule has 4 heteroatoms. The van der Waals surface area contributed by atoms with Crippen LogP contribution in [0.3, 0.4) is 0 Å². The van der Waals surface area contributed by atoms with E-state index in [-0.39, 0.29) is 0 Å². The SMILES string of the molecule is CCCNC(CCC(C)C)C1CCC(C(F)(F)F)CC1. The highest BCUT2D eigenvalue weighted by molar-refractivity contribution is 4.84. The Morgan fingerprint density at radius 3 is 2.10 bits per heavy atom. The summed E-state index contributed by atoms with van der Waals surface area (Å²) in [4.78, 5) is 0. The third-order valence-corrected chi connectivity index (χ3v) is 4.52. The molecule has 1 aliphatic carbocycles. The van der Waals surface area contributed by atoms with E-state index in [1.807, 2.05) is 0 Å². The summed E-state index contributed by atoms with van der Waals surface area (Å²) in [5.74, 6) is 0.0296. The Bertz CT molecular complexity index is 255. The van der Waals surface area contributed by atoms with E-state index in [0.717, 1.165) is 38.6 Å². The molecule has 0 bridgehead atoms. The minimum absolute atomic E-state index is 0.320. The molecular formula is C16H30F3N. The lowest BCUT2D eigenvalue weighted by molar-refractivity contribution is -0.184. The Morgan fingerprint density at radius 1 is 1.05 bits per heavy atom. The van der Waals surface area contributed by atoms with E-state index in [4.69, 9.17) is 0 Å². The van der Waals surface area contributed by atoms with Crippen LogP contribution in [0.15, 0.2) is 0 Å². The lowest BCUT2D eigenvalue weighted by Crippen LogP contribution is -2.40. The predicted octanol–water partition coefficient (Wildman–Crippen LogP) is 5.16. The van der Waals surface area contributed by atoms with Crippen molar-refractivity contribution >= 4 is 0 Å². The van der Waals surface area contributed by atoms with Gasteiger partial charge in [-0.25, -0.2) is 0 Å². The molecule has 0 saturated heterocycles. The van der Waals surface area contributed by atoms with Crippen LogP contribution >= 0.6 is 0 Å². The molecule has 1 aliphatic rings. The molecule has 0 amide bonds. The molecular weight excluding hydrogens is 263 g/mol. The van der Waals surface area contributed by atoms with Crippen LogP contribution in [0.4, 0.5) is 13.2 Å². The van der Waals surface area contributed by atoms with E-state index in [1.54, 1.807) is 0 Å². The first-order chi connectivity index (χ1) is 9.34. The first-order valence-corrected chi connectivity index (χ1v) is 8.14. The average molecular weight is 293 g/mol. The number of halogens is 3. The monoisotopic (exact) mass is 293 g/mol. The van der Waals surface area contributed by atoms with E-state index in [0.29, 0.717) is 30.7 Å². The molecule has 0 heterocycles. The fourth-order valence-corrected chi connectivity index (χ4v) is 3.20. The maximum Gasteiger partial charge on any atom is 0.391 e. The van der Waals surface area contributed by atoms with Crippen molar-refractivity contribution in [1.82, 2.24) is 5.32 Å². The van der Waals surface area contributed by atoms with Gasteiger partial charge in [-0.2, -0.15) is 13.2 Å². The molecule has 1 unspecified atom stereocenters. The molecule has 1 N–H and O–H groups in total. The number of alkyl halides is 3. The van der Waals surface area contributed by atoms with Crippen LogP contribution in [-0.2, 0) is 0 Å². The Kier molecular flexibility index (Phi) is 7.35. The minimum atomic E-state index is -3.99. The second-order valence-corrected chi connectivity index (χ2v) is 6.69. The van der Waals surface area contributed by atoms with Gasteiger partial charge in [-0.05, 0) is 63.3 Å². The Morgan fingerprint density at radius 2 is 1.65 bits per heavy atom. The number of rotatable bonds is 7. The summed E-state index contributed by atoms with van der Waals surface area (Å²) in [7, 11) is 0. The van der Waals surface area contributed by atoms with Crippen LogP contribution in [0.25, 0.3) is 0 Å². The number of hydrogen-bond donors (Lipinski definition) is 1. The molecule has 0 spiro atoms. The topological polar surface area (TPSA) is 12.0 Å². The molecule has 1 rings (SSSR count). The summed E-state index contributed by atoms with van der Waals surface area (Å²) in [6.45, 7) is 7.52. The first-order valence-electron chi connectivity index (χ1n) is 8.14. The van der Waals surface area contributed by atoms with Gasteiger partial charge in [-0.1, -0.05) is 20.8 Å². The molecule has 1 fully saturated rings. The second kappa shape index (κ2) is 8.26. The van der Waals surface area contributed by atoms with E-state index in [2.05, 4.69) is 26.1 Å². The summed E-state index contributed by atoms with van der Waals surface area (Å²) >= 11 is 0. The molecule has 0 radical (unpaired) electrons. The maximum absolute atomic E-state index is 12.7. The highest BCUT2D eigenvalue weighted by Crippen LogP contribution is 2.41. The zero-order valence-electron chi connectivity index (χ0n) is 13.1. The summed E-state index contributed by atoms with van der Waals surface area (Å²) < 4.78 is 38.1. The van der Waals surface area contributed by atoms with Crippen molar-refractivity contribution in [2.45, 2.75) is 77.9 Å². The fourth-order valence-electron chi connectivity index (χ4n) is 3.20. The Hall–Kier alpha value is -0.250. The van der Waals surface area contributed by atoms with Gasteiger partial charge in [0.15, 0.2) is 0 Å². The van der Waals surface area contributed by atoms with Gasteiger partial charge in [-0.3, -0.25) is 0 Å². The van der Waals surface area contributed by atoms with E-state index in [1.165, 1.54) is 0 Å². The largest absolute Gasteiger partial charge is 0.391 e. The van der Waals surface area contributed by atoms with Gasteiger partial charge in [-0.15, -0.1) is 0 Å². The normalized spacial score (nSPS) is 25.9. The fraction of sp³-hybridized carbons (Fsp3) is 1.00. The molecule has 20 heavy (non-hydrogen) atoms. The van der Waals surface area contributed by atoms with E-state index >= 15 is 0 Å². The quantitative estimate of drug-likeness (QED) is 0.683. The van der Waals surface area contributed by atoms with E-state index < -0.39 is 12.1 Å². The standard InChI is InChI=1S/C16H30F3N/c1-4-11-20-15(10-5-12(2)3)13-6-8-14(9-7-13)16(17,18)19/h12-15,20H,4-11H2,1-3H3. The molecule has 1 saturated carbocycles. The Balaban J connectivity index is 2.47. The zero-order chi connectivity index (χ0) is 15.2. The second-order valence-electron chi connectivity index (χ2n) is 6.69. The summed E-state index contributed by atoms with van der Waals surface area (Å²) in [6.07, 6.45) is 1.43. The smallest absolute Gasteiger partial charge is 0.314 e. The third-order valence-electron chi connectivity index (χ3n) is 4.52. The zero-order valence-corrected chi connectivity index (χ0v) is 13.1. The summed E-state index contributed by atoms with van der Waals surface area (Å²) in [6, 6.07) is 0.409. The van der Waals surface area contributed by atoms with Crippen molar-refractivity contribution in [1.29, 1.82) is 0 Å². The van der Waals surface area contributed by atoms with Crippen LogP contribution in [0.5, 0.6) is 0 Å². The molecule has 1 atom stereocenters. The molecule has 0 aromatic rings. The molecule has 1 nitrogen and oxygen atoms in total. The number of hydrogen-bond acceptors (Lipinski definition) is 1. The first kappa shape index (κ1) is 17.8. The van der Waals surface area contributed by atoms with Crippen molar-refractivity contribution in [2.75, 3.05) is 6.54 Å². The van der Waals surface area contributed by atoms with Gasteiger partial charge in [0.2, 0.25) is 0 Å². The summed E-state index contributed by atoms with van der Waals surface area (Å²) in [5, 5.41) is 3.57. The lowest BCUT2D eigenvalue weighted by atomic mass is 9.76. The predicted molar refractivity (Wildman–Crippen MR) is 77.7 cm³/mol. The average Bonchev–Trinajstić information content (AvgIpc) is 2.38. The van der Waals surface area contributed by atoms with Gasteiger partial charge in [0.05, 0.1) is 5.92 Å². The van der Waals surface area contributed by atoms with Crippen LogP contribution in [0.2, 0.25) is 0 Å². The van der Waals surface area contributed by atoms with Crippen molar-refractivity contribution in [3.05, 3.63) is 0 Å². The Labute approximate surface area is 121 Å². The van der Waals surface area contributed by atoms with Crippen molar-refractivity contribution < 1.29 is 13.2 Å². The highest BCUT2D eigenvalue weighted by Gasteiger charge is 2.42. The van der Waals surface area contributed by atoms with Gasteiger partial charge >= 0.3 is 6.18 Å². The van der Waals surface area contributed by atoms with Gasteiger partial charge in [0, 0.05) is 6.04 Å². The highest BCUT2D eigenvalue weighted by atomic mass is 19.4. The van der Waals surface area contributed by atoms with Crippen molar-refractivity contribution in [3.63, 3.8) is 0 Å². The minimum Gasteiger partial charge on any atom is -0.314 e. The van der Waals surface area contributed by atoms with E-state index in [9.17, 15) is 13.2 Å². The molecule has 0 aliphatic heterocycles. The van der Waals surface area contributed by atoms with Crippen molar-refractivity contribution in [3.8, 4) is 0 Å². The lowest BCUT2D eigenvalue weighted by Gasteiger charge is -2.35. The van der Waals surface area contributed by atoms with Crippen LogP contribution in [0.1, 0.15) is 65.7 Å². The van der Waals surface area contributed by atoms with Gasteiger partial charge in [0.1, 0.15) is 0 Å². The number of nitrogens with one attached hydrogen (secondary N) is 1. The van der Waals surface area contributed by atoms with Crippen molar-refractivity contribution in [2.24, 2.45) is 17.8 Å². The van der Waals surface area contributed by atoms with Gasteiger partial charge in [0.25, 0.3) is 0 Å². The van der Waals surface area contributed by atoms with Crippen LogP contribution < -0.4 is 5.32 Å². The molecule has 0 aromatic carbocycles. The third kappa shape index (κ3) is 6.02. The summed E-state index contributed by atoms with van der Waals surface area (Å²) in [5.41, 5.74) is 0. The molecule has 0 aromatic heterocycles. The van der Waals surface area contributed by atoms with Crippen LogP contribution in [0, 0.1) is 17.8 Å². The van der Waals surface area contributed by atoms with Gasteiger partial charge < -0.3 is 5.32 Å².